The van der Waals surface area contributed by atoms with Crippen LogP contribution in [0.5, 0.6) is 0 Å². The van der Waals surface area contributed by atoms with Gasteiger partial charge in [0.2, 0.25) is 0 Å². The van der Waals surface area contributed by atoms with Crippen LogP contribution in [-0.4, -0.2) is 24.8 Å². The van der Waals surface area contributed by atoms with Crippen molar-refractivity contribution in [2.24, 2.45) is 4.99 Å². The first-order chi connectivity index (χ1) is 13.1. The van der Waals surface area contributed by atoms with Crippen LogP contribution >= 0.6 is 0 Å². The number of hydrogen-bond acceptors (Lipinski definition) is 6. The molecule has 1 heterocycles. The summed E-state index contributed by atoms with van der Waals surface area (Å²) in [5, 5.41) is 2.86. The maximum atomic E-state index is 12.5. The highest BCUT2D eigenvalue weighted by atomic mass is 16.6. The standard InChI is InChI=1S/C20H19N3O4/c1-13(14-8-10-16(11-9-14)20(25)26-2)21-19(24)17-12-27-23-18(22-17)15-6-4-3-5-7-15/h3-13H,1-2H3,(H,21,24)(H,22,23)/t13-/m1/s1. The second-order valence-corrected chi connectivity index (χ2v) is 5.86. The minimum absolute atomic E-state index is 0.158. The number of esters is 1. The van der Waals surface area contributed by atoms with Crippen LogP contribution in [0, 0.1) is 0 Å². The Bertz CT molecular complexity index is 889. The Morgan fingerprint density at radius 2 is 1.81 bits per heavy atom. The third kappa shape index (κ3) is 4.33. The Kier molecular flexibility index (Phi) is 5.51. The van der Waals surface area contributed by atoms with Gasteiger partial charge in [-0.05, 0) is 24.6 Å². The fraction of sp³-hybridized carbons (Fsp3) is 0.150. The fourth-order valence-corrected chi connectivity index (χ4v) is 2.51. The summed E-state index contributed by atoms with van der Waals surface area (Å²) in [4.78, 5) is 33.5. The van der Waals surface area contributed by atoms with Gasteiger partial charge in [0.25, 0.3) is 5.91 Å². The SMILES string of the molecule is COC(=O)c1ccc([C@@H](C)NC(=O)C2=CONC(c3ccccc3)=N2)cc1. The average Bonchev–Trinajstić information content (AvgIpc) is 2.74. The summed E-state index contributed by atoms with van der Waals surface area (Å²) in [6.07, 6.45) is 1.26. The maximum absolute atomic E-state index is 12.5. The van der Waals surface area contributed by atoms with Crippen molar-refractivity contribution in [3.63, 3.8) is 0 Å². The number of hydroxylamine groups is 1. The van der Waals surface area contributed by atoms with Crippen molar-refractivity contribution < 1.29 is 19.2 Å². The lowest BCUT2D eigenvalue weighted by molar-refractivity contribution is -0.118. The maximum Gasteiger partial charge on any atom is 0.337 e. The third-order valence-electron chi connectivity index (χ3n) is 4.02. The minimum atomic E-state index is -0.405. The summed E-state index contributed by atoms with van der Waals surface area (Å²) in [5.41, 5.74) is 4.94. The zero-order valence-corrected chi connectivity index (χ0v) is 14.9. The molecule has 1 aliphatic rings. The second kappa shape index (κ2) is 8.18. The highest BCUT2D eigenvalue weighted by Gasteiger charge is 2.19. The fourth-order valence-electron chi connectivity index (χ4n) is 2.51. The van der Waals surface area contributed by atoms with Crippen LogP contribution < -0.4 is 10.8 Å². The Labute approximate surface area is 156 Å². The summed E-state index contributed by atoms with van der Waals surface area (Å²) < 4.78 is 4.68. The van der Waals surface area contributed by atoms with Crippen molar-refractivity contribution in [2.75, 3.05) is 7.11 Å². The van der Waals surface area contributed by atoms with Crippen molar-refractivity contribution >= 4 is 17.7 Å². The highest BCUT2D eigenvalue weighted by Crippen LogP contribution is 2.16. The first kappa shape index (κ1) is 18.2. The topological polar surface area (TPSA) is 89.0 Å². The molecule has 1 atom stereocenters. The molecule has 7 heteroatoms. The van der Waals surface area contributed by atoms with Crippen LogP contribution in [-0.2, 0) is 14.4 Å². The third-order valence-corrected chi connectivity index (χ3v) is 4.02. The van der Waals surface area contributed by atoms with Gasteiger partial charge in [0, 0.05) is 5.56 Å². The van der Waals surface area contributed by atoms with Gasteiger partial charge in [-0.1, -0.05) is 42.5 Å². The van der Waals surface area contributed by atoms with Gasteiger partial charge in [0.1, 0.15) is 0 Å². The van der Waals surface area contributed by atoms with Gasteiger partial charge in [-0.3, -0.25) is 4.79 Å². The monoisotopic (exact) mass is 365 g/mol. The smallest absolute Gasteiger partial charge is 0.337 e. The molecule has 1 amide bonds. The van der Waals surface area contributed by atoms with Crippen molar-refractivity contribution in [3.05, 3.63) is 83.2 Å². The molecule has 0 aliphatic carbocycles. The zero-order chi connectivity index (χ0) is 19.2. The van der Waals surface area contributed by atoms with Gasteiger partial charge >= 0.3 is 5.97 Å². The highest BCUT2D eigenvalue weighted by molar-refractivity contribution is 6.03. The molecule has 27 heavy (non-hydrogen) atoms. The largest absolute Gasteiger partial charge is 0.465 e. The number of methoxy groups -OCH3 is 1. The summed E-state index contributed by atoms with van der Waals surface area (Å²) in [5.74, 6) is -0.314. The van der Waals surface area contributed by atoms with Crippen molar-refractivity contribution in [2.45, 2.75) is 13.0 Å². The van der Waals surface area contributed by atoms with E-state index in [0.29, 0.717) is 11.4 Å². The Morgan fingerprint density at radius 3 is 2.48 bits per heavy atom. The molecule has 0 radical (unpaired) electrons. The number of benzene rings is 2. The van der Waals surface area contributed by atoms with Crippen molar-refractivity contribution in [3.8, 4) is 0 Å². The molecule has 1 aliphatic heterocycles. The average molecular weight is 365 g/mol. The van der Waals surface area contributed by atoms with E-state index < -0.39 is 5.97 Å². The van der Waals surface area contributed by atoms with Gasteiger partial charge in [-0.2, -0.15) is 0 Å². The summed E-state index contributed by atoms with van der Waals surface area (Å²) in [7, 11) is 1.33. The number of rotatable bonds is 5. The van der Waals surface area contributed by atoms with E-state index in [-0.39, 0.29) is 17.6 Å². The number of aliphatic imine (C=N–C) groups is 1. The summed E-state index contributed by atoms with van der Waals surface area (Å²) >= 11 is 0. The quantitative estimate of drug-likeness (QED) is 0.795. The Morgan fingerprint density at radius 1 is 1.11 bits per heavy atom. The van der Waals surface area contributed by atoms with Gasteiger partial charge in [-0.15, -0.1) is 0 Å². The first-order valence-corrected chi connectivity index (χ1v) is 8.33. The van der Waals surface area contributed by atoms with E-state index in [1.165, 1.54) is 13.4 Å². The molecule has 2 aromatic carbocycles. The number of ether oxygens (including phenoxy) is 1. The molecule has 0 bridgehead atoms. The summed E-state index contributed by atoms with van der Waals surface area (Å²) in [6, 6.07) is 15.9. The van der Waals surface area contributed by atoms with E-state index in [0.717, 1.165) is 11.1 Å². The number of nitrogens with zero attached hydrogens (tertiary/aromatic N) is 1. The lowest BCUT2D eigenvalue weighted by Crippen LogP contribution is -2.32. The molecule has 2 N–H and O–H groups in total. The van der Waals surface area contributed by atoms with Gasteiger partial charge in [0.05, 0.1) is 18.7 Å². The number of amidine groups is 1. The molecule has 0 saturated carbocycles. The molecule has 2 aromatic rings. The molecular weight excluding hydrogens is 346 g/mol. The Balaban J connectivity index is 1.68. The summed E-state index contributed by atoms with van der Waals surface area (Å²) in [6.45, 7) is 1.84. The van der Waals surface area contributed by atoms with Crippen LogP contribution in [0.1, 0.15) is 34.5 Å². The predicted octanol–water partition coefficient (Wildman–Crippen LogP) is 2.47. The number of carbonyl (C=O) groups is 2. The van der Waals surface area contributed by atoms with Gasteiger partial charge < -0.3 is 14.9 Å². The number of carbonyl (C=O) groups excluding carboxylic acids is 2. The lowest BCUT2D eigenvalue weighted by Gasteiger charge is -2.18. The van der Waals surface area contributed by atoms with Crippen LogP contribution in [0.25, 0.3) is 0 Å². The van der Waals surface area contributed by atoms with E-state index in [9.17, 15) is 9.59 Å². The molecule has 0 unspecified atom stereocenters. The molecular formula is C20H19N3O4. The zero-order valence-electron chi connectivity index (χ0n) is 14.9. The molecule has 7 nitrogen and oxygen atoms in total. The second-order valence-electron chi connectivity index (χ2n) is 5.86. The number of nitrogens with one attached hydrogen (secondary N) is 2. The number of amides is 1. The van der Waals surface area contributed by atoms with E-state index in [2.05, 4.69) is 20.5 Å². The molecule has 0 spiro atoms. The molecule has 0 fully saturated rings. The Hall–Kier alpha value is -3.61. The molecule has 0 aromatic heterocycles. The van der Waals surface area contributed by atoms with E-state index in [4.69, 9.17) is 4.84 Å². The van der Waals surface area contributed by atoms with E-state index in [1.54, 1.807) is 24.3 Å². The van der Waals surface area contributed by atoms with Gasteiger partial charge in [0.15, 0.2) is 17.8 Å². The first-order valence-electron chi connectivity index (χ1n) is 8.33. The minimum Gasteiger partial charge on any atom is -0.465 e. The molecule has 0 saturated heterocycles. The van der Waals surface area contributed by atoms with Crippen LogP contribution in [0.3, 0.4) is 0 Å². The van der Waals surface area contributed by atoms with E-state index in [1.807, 2.05) is 37.3 Å². The van der Waals surface area contributed by atoms with Gasteiger partial charge in [-0.25, -0.2) is 15.3 Å². The molecule has 138 valence electrons. The molecule has 3 rings (SSSR count). The van der Waals surface area contributed by atoms with Crippen molar-refractivity contribution in [1.82, 2.24) is 10.8 Å². The van der Waals surface area contributed by atoms with Crippen molar-refractivity contribution in [1.29, 1.82) is 0 Å². The number of hydrogen-bond donors (Lipinski definition) is 2. The normalized spacial score (nSPS) is 14.0. The predicted molar refractivity (Wildman–Crippen MR) is 99.6 cm³/mol. The van der Waals surface area contributed by atoms with E-state index >= 15 is 0 Å². The lowest BCUT2D eigenvalue weighted by atomic mass is 10.1. The van der Waals surface area contributed by atoms with Crippen LogP contribution in [0.15, 0.2) is 71.5 Å². The van der Waals surface area contributed by atoms with Crippen LogP contribution in [0.4, 0.5) is 0 Å². The van der Waals surface area contributed by atoms with Crippen LogP contribution in [0.2, 0.25) is 0 Å².